The number of likely N-dealkylation sites (tertiary alicyclic amines) is 1. The number of hydrogen-bond acceptors (Lipinski definition) is 5. The summed E-state index contributed by atoms with van der Waals surface area (Å²) in [7, 11) is 0. The van der Waals surface area contributed by atoms with E-state index < -0.39 is 0 Å². The zero-order valence-corrected chi connectivity index (χ0v) is 17.7. The van der Waals surface area contributed by atoms with Gasteiger partial charge in [0.2, 0.25) is 0 Å². The smallest absolute Gasteiger partial charge is 0.257 e. The van der Waals surface area contributed by atoms with Gasteiger partial charge in [0.1, 0.15) is 0 Å². The van der Waals surface area contributed by atoms with Crippen molar-refractivity contribution in [1.82, 2.24) is 9.47 Å². The molecule has 0 aliphatic carbocycles. The lowest BCUT2D eigenvalue weighted by Gasteiger charge is -2.17. The van der Waals surface area contributed by atoms with Gasteiger partial charge in [-0.25, -0.2) is 0 Å². The molecular formula is C25H29N5O. The lowest BCUT2D eigenvalue weighted by atomic mass is 10.1. The first kappa shape index (κ1) is 20.9. The molecule has 0 atom stereocenters. The Morgan fingerprint density at radius 2 is 1.77 bits per heavy atom. The lowest BCUT2D eigenvalue weighted by molar-refractivity contribution is 0.352. The summed E-state index contributed by atoms with van der Waals surface area (Å²) in [4.78, 5) is 15.2. The molecule has 0 radical (unpaired) electrons. The van der Waals surface area contributed by atoms with E-state index in [1.807, 2.05) is 54.6 Å². The first-order chi connectivity index (χ1) is 15.2. The van der Waals surface area contributed by atoms with E-state index in [1.165, 1.54) is 32.1 Å². The van der Waals surface area contributed by atoms with Crippen molar-refractivity contribution in [2.75, 3.05) is 36.8 Å². The highest BCUT2D eigenvalue weighted by Gasteiger charge is 2.11. The molecule has 0 saturated carbocycles. The maximum Gasteiger partial charge on any atom is 0.257 e. The summed E-state index contributed by atoms with van der Waals surface area (Å²) in [5, 5.41) is 14.5. The van der Waals surface area contributed by atoms with Gasteiger partial charge in [-0.15, -0.1) is 0 Å². The summed E-state index contributed by atoms with van der Waals surface area (Å²) < 4.78 is 1.61. The van der Waals surface area contributed by atoms with Crippen LogP contribution in [0, 0.1) is 5.41 Å². The molecule has 160 valence electrons. The molecule has 2 aromatic carbocycles. The number of hydrogen-bond donors (Lipinski definition) is 3. The predicted octanol–water partition coefficient (Wildman–Crippen LogP) is 3.95. The van der Waals surface area contributed by atoms with E-state index in [4.69, 9.17) is 5.41 Å². The summed E-state index contributed by atoms with van der Waals surface area (Å²) >= 11 is 0. The van der Waals surface area contributed by atoms with Crippen LogP contribution >= 0.6 is 0 Å². The maximum absolute atomic E-state index is 12.7. The van der Waals surface area contributed by atoms with E-state index >= 15 is 0 Å². The van der Waals surface area contributed by atoms with Crippen molar-refractivity contribution in [3.63, 3.8) is 0 Å². The number of benzene rings is 2. The number of anilines is 2. The summed E-state index contributed by atoms with van der Waals surface area (Å²) in [6.45, 7) is 4.88. The molecule has 0 bridgehead atoms. The Kier molecular flexibility index (Phi) is 6.79. The van der Waals surface area contributed by atoms with Crippen LogP contribution in [0.25, 0.3) is 5.69 Å². The van der Waals surface area contributed by atoms with E-state index in [0.717, 1.165) is 41.3 Å². The third-order valence-corrected chi connectivity index (χ3v) is 5.67. The van der Waals surface area contributed by atoms with E-state index in [2.05, 4.69) is 15.5 Å². The number of aromatic nitrogens is 1. The molecule has 3 aromatic rings. The Morgan fingerprint density at radius 3 is 2.52 bits per heavy atom. The van der Waals surface area contributed by atoms with E-state index in [0.29, 0.717) is 6.54 Å². The second-order valence-corrected chi connectivity index (χ2v) is 7.85. The van der Waals surface area contributed by atoms with E-state index in [-0.39, 0.29) is 5.56 Å². The van der Waals surface area contributed by atoms with Gasteiger partial charge >= 0.3 is 0 Å². The normalized spacial score (nSPS) is 13.8. The zero-order chi connectivity index (χ0) is 21.5. The van der Waals surface area contributed by atoms with E-state index in [9.17, 15) is 4.79 Å². The van der Waals surface area contributed by atoms with Gasteiger partial charge < -0.3 is 20.9 Å². The number of nitrogens with zero attached hydrogens (tertiary/aromatic N) is 2. The van der Waals surface area contributed by atoms with Crippen LogP contribution in [0.1, 0.15) is 24.0 Å². The van der Waals surface area contributed by atoms with Gasteiger partial charge in [-0.05, 0) is 55.8 Å². The third-order valence-electron chi connectivity index (χ3n) is 5.67. The van der Waals surface area contributed by atoms with Crippen LogP contribution in [0.4, 0.5) is 11.4 Å². The molecule has 4 rings (SSSR count). The molecule has 3 N–H and O–H groups in total. The van der Waals surface area contributed by atoms with Crippen molar-refractivity contribution in [3.05, 3.63) is 88.3 Å². The number of pyridine rings is 1. The van der Waals surface area contributed by atoms with Crippen LogP contribution in [-0.4, -0.2) is 41.9 Å². The largest absolute Gasteiger partial charge is 0.383 e. The molecule has 0 amide bonds. The Hall–Kier alpha value is -3.38. The van der Waals surface area contributed by atoms with Gasteiger partial charge in [-0.2, -0.15) is 0 Å². The predicted molar refractivity (Wildman–Crippen MR) is 128 cm³/mol. The number of rotatable bonds is 9. The highest BCUT2D eigenvalue weighted by molar-refractivity contribution is 5.86. The molecule has 1 aliphatic rings. The first-order valence-corrected chi connectivity index (χ1v) is 10.8. The Morgan fingerprint density at radius 1 is 0.968 bits per heavy atom. The average molecular weight is 416 g/mol. The quantitative estimate of drug-likeness (QED) is 0.463. The van der Waals surface area contributed by atoms with Crippen molar-refractivity contribution < 1.29 is 0 Å². The topological polar surface area (TPSA) is 73.1 Å². The molecule has 2 heterocycles. The Balaban J connectivity index is 1.43. The molecule has 1 aliphatic heterocycles. The second-order valence-electron chi connectivity index (χ2n) is 7.85. The molecule has 1 saturated heterocycles. The SMILES string of the molecule is N=Cc1cc(-n2ccc(NCc3ccccc3)cc2=O)ccc1NCCN1CCCC1. The van der Waals surface area contributed by atoms with Crippen LogP contribution < -0.4 is 16.2 Å². The summed E-state index contributed by atoms with van der Waals surface area (Å²) in [6.07, 6.45) is 5.69. The summed E-state index contributed by atoms with van der Waals surface area (Å²) in [5.74, 6) is 0. The van der Waals surface area contributed by atoms with Crippen LogP contribution in [0.5, 0.6) is 0 Å². The Bertz CT molecular complexity index is 1070. The van der Waals surface area contributed by atoms with Crippen LogP contribution in [0.2, 0.25) is 0 Å². The molecular weight excluding hydrogens is 386 g/mol. The molecule has 1 aromatic heterocycles. The van der Waals surface area contributed by atoms with Crippen molar-refractivity contribution in [2.45, 2.75) is 19.4 Å². The van der Waals surface area contributed by atoms with Crippen molar-refractivity contribution in [3.8, 4) is 5.69 Å². The van der Waals surface area contributed by atoms with Crippen molar-refractivity contribution >= 4 is 17.6 Å². The fourth-order valence-corrected chi connectivity index (χ4v) is 3.94. The molecule has 1 fully saturated rings. The molecule has 31 heavy (non-hydrogen) atoms. The van der Waals surface area contributed by atoms with Gasteiger partial charge in [0, 0.05) is 60.7 Å². The summed E-state index contributed by atoms with van der Waals surface area (Å²) in [5.41, 5.74) is 4.30. The van der Waals surface area contributed by atoms with Gasteiger partial charge in [0.05, 0.1) is 0 Å². The third kappa shape index (κ3) is 5.41. The van der Waals surface area contributed by atoms with E-state index in [1.54, 1.807) is 16.8 Å². The van der Waals surface area contributed by atoms with Gasteiger partial charge in [-0.3, -0.25) is 9.36 Å². The summed E-state index contributed by atoms with van der Waals surface area (Å²) in [6, 6.07) is 19.3. The lowest BCUT2D eigenvalue weighted by Crippen LogP contribution is -2.26. The first-order valence-electron chi connectivity index (χ1n) is 10.8. The average Bonchev–Trinajstić information content (AvgIpc) is 3.32. The molecule has 6 heteroatoms. The van der Waals surface area contributed by atoms with Crippen molar-refractivity contribution in [2.24, 2.45) is 0 Å². The van der Waals surface area contributed by atoms with Crippen LogP contribution in [0.3, 0.4) is 0 Å². The minimum atomic E-state index is -0.108. The zero-order valence-electron chi connectivity index (χ0n) is 17.7. The number of nitrogens with one attached hydrogen (secondary N) is 3. The minimum Gasteiger partial charge on any atom is -0.383 e. The molecule has 0 unspecified atom stereocenters. The molecule has 0 spiro atoms. The Labute approximate surface area is 183 Å². The molecule has 6 nitrogen and oxygen atoms in total. The monoisotopic (exact) mass is 415 g/mol. The fourth-order valence-electron chi connectivity index (χ4n) is 3.94. The highest BCUT2D eigenvalue weighted by Crippen LogP contribution is 2.19. The van der Waals surface area contributed by atoms with Gasteiger partial charge in [0.25, 0.3) is 5.56 Å². The van der Waals surface area contributed by atoms with Crippen LogP contribution in [-0.2, 0) is 6.54 Å². The fraction of sp³-hybridized carbons (Fsp3) is 0.280. The van der Waals surface area contributed by atoms with Gasteiger partial charge in [0.15, 0.2) is 0 Å². The maximum atomic E-state index is 12.7. The highest BCUT2D eigenvalue weighted by atomic mass is 16.1. The van der Waals surface area contributed by atoms with Crippen molar-refractivity contribution in [1.29, 1.82) is 5.41 Å². The van der Waals surface area contributed by atoms with Crippen LogP contribution in [0.15, 0.2) is 71.7 Å². The van der Waals surface area contributed by atoms with Gasteiger partial charge in [-0.1, -0.05) is 30.3 Å². The second kappa shape index (κ2) is 10.1. The standard InChI is InChI=1S/C25H29N5O/c26-18-21-16-23(8-9-24(21)27-11-15-29-12-4-5-13-29)30-14-10-22(17-25(30)31)28-19-20-6-2-1-3-7-20/h1-3,6-10,14,16-18,26-28H,4-5,11-13,15,19H2. The minimum absolute atomic E-state index is 0.108.